The molecule has 2 N–H and O–H groups in total. The van der Waals surface area contributed by atoms with Gasteiger partial charge in [0.25, 0.3) is 5.91 Å². The van der Waals surface area contributed by atoms with Crippen LogP contribution in [0.1, 0.15) is 32.0 Å². The van der Waals surface area contributed by atoms with E-state index in [1.807, 2.05) is 23.7 Å². The average Bonchev–Trinajstić information content (AvgIpc) is 3.38. The number of carbonyl (C=O) groups is 2. The maximum absolute atomic E-state index is 12.5. The molecule has 0 saturated heterocycles. The van der Waals surface area contributed by atoms with E-state index < -0.39 is 11.8 Å². The lowest BCUT2D eigenvalue weighted by Gasteiger charge is -2.07. The van der Waals surface area contributed by atoms with Gasteiger partial charge in [-0.2, -0.15) is 0 Å². The molecule has 0 fully saturated rings. The number of hydrazine groups is 1. The third kappa shape index (κ3) is 4.45. The minimum Gasteiger partial charge on any atom is -0.497 e. The molecular weight excluding hydrogens is 430 g/mol. The first kappa shape index (κ1) is 21.4. The second-order valence-electron chi connectivity index (χ2n) is 7.04. The lowest BCUT2D eigenvalue weighted by Crippen LogP contribution is -2.41. The molecule has 0 atom stereocenters. The van der Waals surface area contributed by atoms with Crippen LogP contribution in [0.5, 0.6) is 5.75 Å². The van der Waals surface area contributed by atoms with Crippen molar-refractivity contribution < 1.29 is 18.7 Å². The largest absolute Gasteiger partial charge is 0.497 e. The van der Waals surface area contributed by atoms with E-state index in [0.717, 1.165) is 16.1 Å². The van der Waals surface area contributed by atoms with Crippen LogP contribution in [-0.2, 0) is 12.8 Å². The monoisotopic (exact) mass is 451 g/mol. The summed E-state index contributed by atoms with van der Waals surface area (Å²) >= 11 is 1.55. The summed E-state index contributed by atoms with van der Waals surface area (Å²) in [5, 5.41) is 9.46. The van der Waals surface area contributed by atoms with Crippen molar-refractivity contribution in [3.8, 4) is 5.75 Å². The number of fused-ring (bicyclic) bond motifs is 1. The van der Waals surface area contributed by atoms with Crippen LogP contribution in [0.25, 0.3) is 11.0 Å². The molecular formula is C22H21N5O4S. The molecule has 0 aliphatic carbocycles. The summed E-state index contributed by atoms with van der Waals surface area (Å²) < 4.78 is 12.7. The predicted molar refractivity (Wildman–Crippen MR) is 119 cm³/mol. The molecule has 2 aromatic heterocycles. The molecule has 4 rings (SSSR count). The van der Waals surface area contributed by atoms with Crippen LogP contribution in [0, 0.1) is 6.92 Å². The molecule has 0 unspecified atom stereocenters. The van der Waals surface area contributed by atoms with Gasteiger partial charge in [0, 0.05) is 29.3 Å². The zero-order valence-corrected chi connectivity index (χ0v) is 18.5. The second kappa shape index (κ2) is 9.15. The highest BCUT2D eigenvalue weighted by molar-refractivity contribution is 7.98. The number of methoxy groups -OCH3 is 1. The standard InChI is InChI=1S/C22H21N5O4S/c1-13-17-10-16(30-3)8-9-18(17)31-19(13)21(29)25-24-20(28)15-6-4-14(5-7-15)11-32-22-26-23-12-27(22)2/h4-10,12H,11H2,1-3H3,(H,24,28)(H,25,29). The third-order valence-electron chi connectivity index (χ3n) is 4.89. The van der Waals surface area contributed by atoms with Gasteiger partial charge >= 0.3 is 5.91 Å². The molecule has 0 bridgehead atoms. The number of ether oxygens (including phenoxy) is 1. The highest BCUT2D eigenvalue weighted by Gasteiger charge is 2.19. The number of nitrogens with one attached hydrogen (secondary N) is 2. The molecule has 4 aromatic rings. The van der Waals surface area contributed by atoms with Crippen LogP contribution in [0.2, 0.25) is 0 Å². The summed E-state index contributed by atoms with van der Waals surface area (Å²) in [5.41, 5.74) is 7.51. The van der Waals surface area contributed by atoms with Crippen molar-refractivity contribution in [1.82, 2.24) is 25.6 Å². The molecule has 0 aliphatic heterocycles. The number of aromatic nitrogens is 3. The number of benzene rings is 2. The normalized spacial score (nSPS) is 10.8. The number of thioether (sulfide) groups is 1. The molecule has 0 radical (unpaired) electrons. The Morgan fingerprint density at radius 2 is 1.88 bits per heavy atom. The van der Waals surface area contributed by atoms with E-state index in [1.54, 1.807) is 62.5 Å². The lowest BCUT2D eigenvalue weighted by molar-refractivity contribution is 0.0831. The Hall–Kier alpha value is -3.79. The van der Waals surface area contributed by atoms with E-state index >= 15 is 0 Å². The Morgan fingerprint density at radius 1 is 1.12 bits per heavy atom. The van der Waals surface area contributed by atoms with Gasteiger partial charge in [0.15, 0.2) is 10.9 Å². The SMILES string of the molecule is COc1ccc2oc(C(=O)NNC(=O)c3ccc(CSc4nncn4C)cc3)c(C)c2c1. The summed E-state index contributed by atoms with van der Waals surface area (Å²) in [4.78, 5) is 25.0. The highest BCUT2D eigenvalue weighted by atomic mass is 32.2. The second-order valence-corrected chi connectivity index (χ2v) is 7.98. The van der Waals surface area contributed by atoms with Gasteiger partial charge in [-0.25, -0.2) is 0 Å². The maximum Gasteiger partial charge on any atom is 0.305 e. The Bertz CT molecular complexity index is 1280. The van der Waals surface area contributed by atoms with Crippen molar-refractivity contribution in [3.05, 3.63) is 71.2 Å². The molecule has 0 spiro atoms. The molecule has 32 heavy (non-hydrogen) atoms. The average molecular weight is 452 g/mol. The zero-order chi connectivity index (χ0) is 22.7. The predicted octanol–water partition coefficient (Wildman–Crippen LogP) is 3.25. The Labute approximate surface area is 188 Å². The number of furan rings is 1. The highest BCUT2D eigenvalue weighted by Crippen LogP contribution is 2.28. The smallest absolute Gasteiger partial charge is 0.305 e. The summed E-state index contributed by atoms with van der Waals surface area (Å²) in [7, 11) is 3.46. The number of carbonyl (C=O) groups excluding carboxylic acids is 2. The number of hydrogen-bond acceptors (Lipinski definition) is 7. The van der Waals surface area contributed by atoms with E-state index in [2.05, 4.69) is 21.0 Å². The van der Waals surface area contributed by atoms with Crippen LogP contribution in [0.4, 0.5) is 0 Å². The number of aryl methyl sites for hydroxylation is 2. The molecule has 2 amide bonds. The Kier molecular flexibility index (Phi) is 6.13. The van der Waals surface area contributed by atoms with Gasteiger partial charge in [0.1, 0.15) is 17.7 Å². The molecule has 164 valence electrons. The van der Waals surface area contributed by atoms with Gasteiger partial charge in [-0.05, 0) is 42.8 Å². The van der Waals surface area contributed by atoms with Gasteiger partial charge in [-0.3, -0.25) is 20.4 Å². The molecule has 9 nitrogen and oxygen atoms in total. The van der Waals surface area contributed by atoms with E-state index in [-0.39, 0.29) is 5.76 Å². The first-order chi connectivity index (χ1) is 15.5. The summed E-state index contributed by atoms with van der Waals surface area (Å²) in [6.45, 7) is 1.78. The molecule has 0 saturated carbocycles. The number of rotatable bonds is 6. The quantitative estimate of drug-likeness (QED) is 0.342. The summed E-state index contributed by atoms with van der Waals surface area (Å²) in [6, 6.07) is 12.4. The van der Waals surface area contributed by atoms with E-state index in [1.165, 1.54) is 0 Å². The van der Waals surface area contributed by atoms with Crippen LogP contribution in [0.15, 0.2) is 58.4 Å². The van der Waals surface area contributed by atoms with Crippen molar-refractivity contribution in [2.24, 2.45) is 7.05 Å². The molecule has 2 heterocycles. The number of hydrogen-bond donors (Lipinski definition) is 2. The summed E-state index contributed by atoms with van der Waals surface area (Å²) in [5.74, 6) is 0.523. The van der Waals surface area contributed by atoms with Crippen molar-refractivity contribution in [2.45, 2.75) is 17.8 Å². The fourth-order valence-corrected chi connectivity index (χ4v) is 3.93. The van der Waals surface area contributed by atoms with E-state index in [4.69, 9.17) is 9.15 Å². The molecule has 10 heteroatoms. The Morgan fingerprint density at radius 3 is 2.56 bits per heavy atom. The third-order valence-corrected chi connectivity index (χ3v) is 6.00. The van der Waals surface area contributed by atoms with Crippen molar-refractivity contribution in [3.63, 3.8) is 0 Å². The van der Waals surface area contributed by atoms with Crippen LogP contribution in [-0.4, -0.2) is 33.7 Å². The van der Waals surface area contributed by atoms with E-state index in [9.17, 15) is 9.59 Å². The number of amides is 2. The van der Waals surface area contributed by atoms with Gasteiger partial charge in [-0.15, -0.1) is 10.2 Å². The summed E-state index contributed by atoms with van der Waals surface area (Å²) in [6.07, 6.45) is 1.65. The van der Waals surface area contributed by atoms with Crippen LogP contribution < -0.4 is 15.6 Å². The maximum atomic E-state index is 12.5. The first-order valence-electron chi connectivity index (χ1n) is 9.70. The number of nitrogens with zero attached hydrogens (tertiary/aromatic N) is 3. The van der Waals surface area contributed by atoms with Gasteiger partial charge < -0.3 is 13.7 Å². The van der Waals surface area contributed by atoms with Gasteiger partial charge in [-0.1, -0.05) is 23.9 Å². The van der Waals surface area contributed by atoms with Crippen LogP contribution >= 0.6 is 11.8 Å². The fourth-order valence-electron chi connectivity index (χ4n) is 3.09. The van der Waals surface area contributed by atoms with E-state index in [0.29, 0.717) is 28.2 Å². The Balaban J connectivity index is 1.36. The first-order valence-corrected chi connectivity index (χ1v) is 10.7. The molecule has 0 aliphatic rings. The topological polar surface area (TPSA) is 111 Å². The minimum absolute atomic E-state index is 0.129. The van der Waals surface area contributed by atoms with Crippen molar-refractivity contribution in [2.75, 3.05) is 7.11 Å². The minimum atomic E-state index is -0.539. The van der Waals surface area contributed by atoms with Crippen molar-refractivity contribution in [1.29, 1.82) is 0 Å². The van der Waals surface area contributed by atoms with Crippen LogP contribution in [0.3, 0.4) is 0 Å². The van der Waals surface area contributed by atoms with Crippen molar-refractivity contribution >= 4 is 34.5 Å². The van der Waals surface area contributed by atoms with Gasteiger partial charge in [0.2, 0.25) is 0 Å². The van der Waals surface area contributed by atoms with Gasteiger partial charge in [0.05, 0.1) is 7.11 Å². The molecule has 2 aromatic carbocycles. The zero-order valence-electron chi connectivity index (χ0n) is 17.7. The fraction of sp³-hybridized carbons (Fsp3) is 0.182. The lowest BCUT2D eigenvalue weighted by atomic mass is 10.1.